The maximum Gasteiger partial charge on any atom is 0.360 e. The Morgan fingerprint density at radius 2 is 2.15 bits per heavy atom. The van der Waals surface area contributed by atoms with E-state index in [0.29, 0.717) is 5.82 Å². The average Bonchev–Trinajstić information content (AvgIpc) is 3.16. The van der Waals surface area contributed by atoms with Gasteiger partial charge < -0.3 is 19.8 Å². The van der Waals surface area contributed by atoms with Gasteiger partial charge in [0, 0.05) is 26.7 Å². The van der Waals surface area contributed by atoms with Gasteiger partial charge >= 0.3 is 5.97 Å². The van der Waals surface area contributed by atoms with Gasteiger partial charge in [-0.3, -0.25) is 0 Å². The van der Waals surface area contributed by atoms with Gasteiger partial charge in [0.2, 0.25) is 0 Å². The monoisotopic (exact) mass is 281 g/mol. The molecule has 6 nitrogen and oxygen atoms in total. The Hall–Kier alpha value is -1.56. The molecule has 0 radical (unpaired) electrons. The van der Waals surface area contributed by atoms with Crippen LogP contribution in [0.4, 0.5) is 5.82 Å². The highest BCUT2D eigenvalue weighted by Gasteiger charge is 2.43. The summed E-state index contributed by atoms with van der Waals surface area (Å²) in [7, 11) is 3.06. The van der Waals surface area contributed by atoms with Crippen LogP contribution in [-0.4, -0.2) is 36.3 Å². The van der Waals surface area contributed by atoms with Crippen LogP contribution in [0.5, 0.6) is 0 Å². The Bertz CT molecular complexity index is 492. The van der Waals surface area contributed by atoms with E-state index >= 15 is 0 Å². The van der Waals surface area contributed by atoms with E-state index in [4.69, 9.17) is 15.2 Å². The van der Waals surface area contributed by atoms with Gasteiger partial charge in [-0.2, -0.15) is 0 Å². The lowest BCUT2D eigenvalue weighted by atomic mass is 10.0. The first-order valence-corrected chi connectivity index (χ1v) is 6.99. The third kappa shape index (κ3) is 2.80. The van der Waals surface area contributed by atoms with Crippen molar-refractivity contribution in [1.29, 1.82) is 0 Å². The number of aryl methyl sites for hydroxylation is 1. The number of methoxy groups -OCH3 is 2. The number of anilines is 1. The van der Waals surface area contributed by atoms with Crippen molar-refractivity contribution < 1.29 is 14.3 Å². The van der Waals surface area contributed by atoms with Crippen LogP contribution >= 0.6 is 0 Å². The Labute approximate surface area is 119 Å². The largest absolute Gasteiger partial charge is 0.464 e. The van der Waals surface area contributed by atoms with Gasteiger partial charge in [-0.15, -0.1) is 0 Å². The smallest absolute Gasteiger partial charge is 0.360 e. The zero-order valence-electron chi connectivity index (χ0n) is 12.4. The van der Waals surface area contributed by atoms with Gasteiger partial charge in [-0.25, -0.2) is 9.78 Å². The Morgan fingerprint density at radius 1 is 1.45 bits per heavy atom. The van der Waals surface area contributed by atoms with Crippen molar-refractivity contribution in [2.45, 2.75) is 39.2 Å². The van der Waals surface area contributed by atoms with Gasteiger partial charge in [0.25, 0.3) is 0 Å². The lowest BCUT2D eigenvalue weighted by Crippen LogP contribution is -2.18. The van der Waals surface area contributed by atoms with E-state index in [1.165, 1.54) is 20.0 Å². The first kappa shape index (κ1) is 14.8. The van der Waals surface area contributed by atoms with Crippen LogP contribution in [0.1, 0.15) is 42.5 Å². The number of esters is 1. The fraction of sp³-hybridized carbons (Fsp3) is 0.714. The molecule has 0 aliphatic heterocycles. The molecule has 1 aliphatic rings. The molecule has 1 aromatic heterocycles. The number of nitrogens with zero attached hydrogens (tertiary/aromatic N) is 2. The number of nitrogen functional groups attached to an aromatic ring is 1. The second-order valence-corrected chi connectivity index (χ2v) is 5.44. The zero-order chi connectivity index (χ0) is 14.8. The molecule has 1 aliphatic carbocycles. The molecule has 2 N–H and O–H groups in total. The highest BCUT2D eigenvalue weighted by Crippen LogP contribution is 2.50. The molecule has 112 valence electrons. The van der Waals surface area contributed by atoms with E-state index < -0.39 is 5.97 Å². The van der Waals surface area contributed by atoms with Gasteiger partial charge in [0.05, 0.1) is 7.11 Å². The third-order valence-electron chi connectivity index (χ3n) is 4.07. The number of rotatable bonds is 7. The van der Waals surface area contributed by atoms with E-state index in [-0.39, 0.29) is 11.1 Å². The number of hydrogen-bond acceptors (Lipinski definition) is 5. The Kier molecular flexibility index (Phi) is 4.32. The molecule has 0 aromatic carbocycles. The third-order valence-corrected chi connectivity index (χ3v) is 4.07. The minimum atomic E-state index is -0.474. The molecule has 20 heavy (non-hydrogen) atoms. The van der Waals surface area contributed by atoms with E-state index in [0.717, 1.165) is 31.8 Å². The van der Waals surface area contributed by atoms with E-state index in [1.54, 1.807) is 7.11 Å². The highest BCUT2D eigenvalue weighted by atomic mass is 16.5. The number of imidazole rings is 1. The molecule has 0 spiro atoms. The predicted molar refractivity (Wildman–Crippen MR) is 75.5 cm³/mol. The maximum atomic E-state index is 11.7. The summed E-state index contributed by atoms with van der Waals surface area (Å²) >= 11 is 0. The lowest BCUT2D eigenvalue weighted by Gasteiger charge is -2.18. The molecule has 0 atom stereocenters. The van der Waals surface area contributed by atoms with E-state index in [9.17, 15) is 4.79 Å². The molecule has 2 rings (SSSR count). The molecular weight excluding hydrogens is 258 g/mol. The summed E-state index contributed by atoms with van der Waals surface area (Å²) in [5.41, 5.74) is 6.57. The van der Waals surface area contributed by atoms with Gasteiger partial charge in [0.15, 0.2) is 5.69 Å². The highest BCUT2D eigenvalue weighted by molar-refractivity contribution is 5.92. The summed E-state index contributed by atoms with van der Waals surface area (Å²) in [5, 5.41) is 0. The topological polar surface area (TPSA) is 79.4 Å². The molecule has 1 aromatic rings. The van der Waals surface area contributed by atoms with Crippen LogP contribution in [0.3, 0.4) is 0 Å². The van der Waals surface area contributed by atoms with Crippen molar-refractivity contribution in [3.8, 4) is 0 Å². The Morgan fingerprint density at radius 3 is 2.65 bits per heavy atom. The number of carbonyl (C=O) groups is 1. The molecule has 0 bridgehead atoms. The van der Waals surface area contributed by atoms with Crippen LogP contribution in [0, 0.1) is 5.41 Å². The number of carbonyl (C=O) groups excluding carboxylic acids is 1. The molecule has 0 saturated heterocycles. The number of ether oxygens (including phenoxy) is 2. The van der Waals surface area contributed by atoms with Crippen LogP contribution in [0.2, 0.25) is 0 Å². The summed E-state index contributed by atoms with van der Waals surface area (Å²) in [6.07, 6.45) is 4.09. The summed E-state index contributed by atoms with van der Waals surface area (Å²) in [6.45, 7) is 3.56. The fourth-order valence-electron chi connectivity index (χ4n) is 2.52. The van der Waals surface area contributed by atoms with Crippen molar-refractivity contribution >= 4 is 11.8 Å². The molecule has 1 fully saturated rings. The van der Waals surface area contributed by atoms with Gasteiger partial charge in [-0.1, -0.05) is 6.92 Å². The SMILES string of the molecule is CCc1nc(C(=O)OC)c(N)n1CC1(CCOC)CC1. The maximum absolute atomic E-state index is 11.7. The summed E-state index contributed by atoms with van der Waals surface area (Å²) in [4.78, 5) is 16.0. The fourth-order valence-corrected chi connectivity index (χ4v) is 2.52. The predicted octanol–water partition coefficient (Wildman–Crippen LogP) is 1.63. The molecule has 0 amide bonds. The van der Waals surface area contributed by atoms with Crippen LogP contribution in [0.15, 0.2) is 0 Å². The average molecular weight is 281 g/mol. The number of aromatic nitrogens is 2. The van der Waals surface area contributed by atoms with Crippen molar-refractivity contribution in [1.82, 2.24) is 9.55 Å². The first-order valence-electron chi connectivity index (χ1n) is 6.99. The van der Waals surface area contributed by atoms with Crippen molar-refractivity contribution in [3.63, 3.8) is 0 Å². The number of hydrogen-bond donors (Lipinski definition) is 1. The van der Waals surface area contributed by atoms with Crippen molar-refractivity contribution in [2.75, 3.05) is 26.6 Å². The molecule has 6 heteroatoms. The van der Waals surface area contributed by atoms with E-state index in [2.05, 4.69) is 4.98 Å². The van der Waals surface area contributed by atoms with Crippen LogP contribution in [-0.2, 0) is 22.4 Å². The first-order chi connectivity index (χ1) is 9.56. The van der Waals surface area contributed by atoms with E-state index in [1.807, 2.05) is 11.5 Å². The molecule has 1 saturated carbocycles. The normalized spacial score (nSPS) is 16.1. The van der Waals surface area contributed by atoms with Crippen molar-refractivity contribution in [2.24, 2.45) is 5.41 Å². The van der Waals surface area contributed by atoms with Gasteiger partial charge in [0.1, 0.15) is 11.6 Å². The summed E-state index contributed by atoms with van der Waals surface area (Å²) in [5.74, 6) is 0.779. The quantitative estimate of drug-likeness (QED) is 0.768. The lowest BCUT2D eigenvalue weighted by molar-refractivity contribution is 0.0595. The molecule has 1 heterocycles. The Balaban J connectivity index is 2.23. The molecular formula is C14H23N3O3. The minimum absolute atomic E-state index is 0.229. The zero-order valence-corrected chi connectivity index (χ0v) is 12.4. The minimum Gasteiger partial charge on any atom is -0.464 e. The second kappa shape index (κ2) is 5.83. The second-order valence-electron chi connectivity index (χ2n) is 5.44. The number of nitrogens with two attached hydrogens (primary N) is 1. The molecule has 0 unspecified atom stereocenters. The standard InChI is InChI=1S/C14H23N3O3/c1-4-10-16-11(13(18)20-3)12(15)17(10)9-14(5-6-14)7-8-19-2/h4-9,15H2,1-3H3. The summed E-state index contributed by atoms with van der Waals surface area (Å²) < 4.78 is 11.9. The van der Waals surface area contributed by atoms with Crippen LogP contribution in [0.25, 0.3) is 0 Å². The van der Waals surface area contributed by atoms with Gasteiger partial charge in [-0.05, 0) is 24.7 Å². The summed E-state index contributed by atoms with van der Waals surface area (Å²) in [6, 6.07) is 0. The van der Waals surface area contributed by atoms with Crippen LogP contribution < -0.4 is 5.73 Å². The van der Waals surface area contributed by atoms with Crippen molar-refractivity contribution in [3.05, 3.63) is 11.5 Å².